The van der Waals surface area contributed by atoms with E-state index >= 15 is 0 Å². The van der Waals surface area contributed by atoms with Crippen LogP contribution in [0, 0.1) is 6.92 Å². The van der Waals surface area contributed by atoms with Gasteiger partial charge in [-0.2, -0.15) is 0 Å². The molecule has 1 aliphatic rings. The van der Waals surface area contributed by atoms with E-state index in [1.165, 1.54) is 6.92 Å². The SMILES string of the molecule is CCCc1c(C(=O)N2CCN(C(=O)OC(C)(C)C)CC2)[nH]c(C)c1C(C)=O. The molecule has 2 heterocycles. The number of rotatable bonds is 4. The minimum absolute atomic E-state index is 0.0269. The lowest BCUT2D eigenvalue weighted by molar-refractivity contribution is 0.0140. The van der Waals surface area contributed by atoms with E-state index in [0.29, 0.717) is 43.9 Å². The number of H-pyrrole nitrogens is 1. The molecule has 2 amide bonds. The molecule has 7 heteroatoms. The predicted octanol–water partition coefficient (Wildman–Crippen LogP) is 3.17. The molecule has 1 aromatic rings. The molecule has 1 aromatic heterocycles. The number of hydrogen-bond donors (Lipinski definition) is 1. The van der Waals surface area contributed by atoms with Gasteiger partial charge in [-0.05, 0) is 46.6 Å². The topological polar surface area (TPSA) is 82.7 Å². The van der Waals surface area contributed by atoms with Crippen molar-refractivity contribution in [3.05, 3.63) is 22.5 Å². The van der Waals surface area contributed by atoms with Crippen LogP contribution in [0.5, 0.6) is 0 Å². The second-order valence-corrected chi connectivity index (χ2v) is 8.04. The van der Waals surface area contributed by atoms with Crippen LogP contribution in [0.2, 0.25) is 0 Å². The summed E-state index contributed by atoms with van der Waals surface area (Å²) in [4.78, 5) is 43.7. The van der Waals surface area contributed by atoms with E-state index in [0.717, 1.165) is 17.7 Å². The Morgan fingerprint density at radius 3 is 2.11 bits per heavy atom. The summed E-state index contributed by atoms with van der Waals surface area (Å²) in [5.41, 5.74) is 2.14. The summed E-state index contributed by atoms with van der Waals surface area (Å²) >= 11 is 0. The zero-order valence-corrected chi connectivity index (χ0v) is 17.3. The molecule has 0 radical (unpaired) electrons. The van der Waals surface area contributed by atoms with Crippen LogP contribution < -0.4 is 0 Å². The summed E-state index contributed by atoms with van der Waals surface area (Å²) in [6, 6.07) is 0. The predicted molar refractivity (Wildman–Crippen MR) is 103 cm³/mol. The molecule has 0 saturated carbocycles. The van der Waals surface area contributed by atoms with Crippen LogP contribution in [0.1, 0.15) is 73.1 Å². The van der Waals surface area contributed by atoms with E-state index in [9.17, 15) is 14.4 Å². The molecule has 0 spiro atoms. The largest absolute Gasteiger partial charge is 0.444 e. The van der Waals surface area contributed by atoms with Gasteiger partial charge >= 0.3 is 6.09 Å². The minimum Gasteiger partial charge on any atom is -0.444 e. The normalized spacial score (nSPS) is 15.0. The fourth-order valence-electron chi connectivity index (χ4n) is 3.41. The molecule has 1 N–H and O–H groups in total. The van der Waals surface area contributed by atoms with E-state index in [1.807, 2.05) is 34.6 Å². The highest BCUT2D eigenvalue weighted by Gasteiger charge is 2.30. The molecule has 0 unspecified atom stereocenters. The summed E-state index contributed by atoms with van der Waals surface area (Å²) in [5, 5.41) is 0. The highest BCUT2D eigenvalue weighted by molar-refractivity contribution is 6.02. The molecular formula is C20H31N3O4. The first-order valence-corrected chi connectivity index (χ1v) is 9.54. The number of nitrogens with one attached hydrogen (secondary N) is 1. The Labute approximate surface area is 161 Å². The summed E-state index contributed by atoms with van der Waals surface area (Å²) in [7, 11) is 0. The van der Waals surface area contributed by atoms with Crippen molar-refractivity contribution in [2.75, 3.05) is 26.2 Å². The van der Waals surface area contributed by atoms with E-state index in [1.54, 1.807) is 9.80 Å². The number of aryl methyl sites for hydroxylation is 1. The number of aromatic amines is 1. The van der Waals surface area contributed by atoms with Gasteiger partial charge in [0.2, 0.25) is 0 Å². The quantitative estimate of drug-likeness (QED) is 0.817. The fraction of sp³-hybridized carbons (Fsp3) is 0.650. The first kappa shape index (κ1) is 21.0. The van der Waals surface area contributed by atoms with Crippen LogP contribution in [0.4, 0.5) is 4.79 Å². The highest BCUT2D eigenvalue weighted by Crippen LogP contribution is 2.23. The van der Waals surface area contributed by atoms with Crippen LogP contribution in [0.25, 0.3) is 0 Å². The third-order valence-corrected chi connectivity index (χ3v) is 4.58. The van der Waals surface area contributed by atoms with E-state index in [2.05, 4.69) is 4.98 Å². The summed E-state index contributed by atoms with van der Waals surface area (Å²) in [6.45, 7) is 12.6. The highest BCUT2D eigenvalue weighted by atomic mass is 16.6. The van der Waals surface area contributed by atoms with Crippen molar-refractivity contribution < 1.29 is 19.1 Å². The summed E-state index contributed by atoms with van der Waals surface area (Å²) in [6.07, 6.45) is 1.18. The van der Waals surface area contributed by atoms with Crippen molar-refractivity contribution in [3.8, 4) is 0 Å². The number of hydrogen-bond acceptors (Lipinski definition) is 4. The molecule has 2 rings (SSSR count). The van der Waals surface area contributed by atoms with Crippen molar-refractivity contribution >= 4 is 17.8 Å². The number of Topliss-reactive ketones (excluding diaryl/α,β-unsaturated/α-hetero) is 1. The van der Waals surface area contributed by atoms with Crippen molar-refractivity contribution in [3.63, 3.8) is 0 Å². The molecule has 0 aromatic carbocycles. The Morgan fingerprint density at radius 2 is 1.63 bits per heavy atom. The number of piperazine rings is 1. The first-order chi connectivity index (χ1) is 12.5. The lowest BCUT2D eigenvalue weighted by atomic mass is 10.0. The molecule has 1 aliphatic heterocycles. The Balaban J connectivity index is 2.11. The molecule has 0 aliphatic carbocycles. The minimum atomic E-state index is -0.538. The third kappa shape index (κ3) is 4.90. The van der Waals surface area contributed by atoms with Crippen molar-refractivity contribution in [1.82, 2.24) is 14.8 Å². The zero-order chi connectivity index (χ0) is 20.4. The maximum absolute atomic E-state index is 13.0. The lowest BCUT2D eigenvalue weighted by Crippen LogP contribution is -2.51. The van der Waals surface area contributed by atoms with Gasteiger partial charge < -0.3 is 19.5 Å². The molecule has 150 valence electrons. The van der Waals surface area contributed by atoms with Gasteiger partial charge in [-0.15, -0.1) is 0 Å². The van der Waals surface area contributed by atoms with E-state index in [-0.39, 0.29) is 17.8 Å². The smallest absolute Gasteiger partial charge is 0.410 e. The number of nitrogens with zero attached hydrogens (tertiary/aromatic N) is 2. The molecule has 1 saturated heterocycles. The van der Waals surface area contributed by atoms with Gasteiger partial charge in [0.25, 0.3) is 5.91 Å². The molecule has 7 nitrogen and oxygen atoms in total. The molecule has 1 fully saturated rings. The lowest BCUT2D eigenvalue weighted by Gasteiger charge is -2.35. The van der Waals surface area contributed by atoms with E-state index < -0.39 is 5.60 Å². The Kier molecular flexibility index (Phi) is 6.34. The van der Waals surface area contributed by atoms with Crippen LogP contribution in [0.15, 0.2) is 0 Å². The number of ketones is 1. The second kappa shape index (κ2) is 8.15. The standard InChI is InChI=1S/C20H31N3O4/c1-7-8-15-16(14(3)24)13(2)21-17(15)18(25)22-9-11-23(12-10-22)19(26)27-20(4,5)6/h21H,7-12H2,1-6H3. The summed E-state index contributed by atoms with van der Waals surface area (Å²) in [5.74, 6) is -0.140. The molecular weight excluding hydrogens is 346 g/mol. The van der Waals surface area contributed by atoms with Gasteiger partial charge in [0, 0.05) is 37.4 Å². The van der Waals surface area contributed by atoms with E-state index in [4.69, 9.17) is 4.74 Å². The summed E-state index contributed by atoms with van der Waals surface area (Å²) < 4.78 is 5.39. The molecule has 0 atom stereocenters. The number of carbonyl (C=O) groups excluding carboxylic acids is 3. The van der Waals surface area contributed by atoms with Gasteiger partial charge in [0.05, 0.1) is 0 Å². The van der Waals surface area contributed by atoms with Crippen molar-refractivity contribution in [1.29, 1.82) is 0 Å². The van der Waals surface area contributed by atoms with Gasteiger partial charge in [-0.1, -0.05) is 13.3 Å². The number of amides is 2. The Morgan fingerprint density at radius 1 is 1.07 bits per heavy atom. The van der Waals surface area contributed by atoms with Gasteiger partial charge in [0.15, 0.2) is 5.78 Å². The van der Waals surface area contributed by atoms with Crippen LogP contribution in [-0.2, 0) is 11.2 Å². The molecule has 0 bridgehead atoms. The Hall–Kier alpha value is -2.31. The monoisotopic (exact) mass is 377 g/mol. The van der Waals surface area contributed by atoms with Crippen molar-refractivity contribution in [2.24, 2.45) is 0 Å². The van der Waals surface area contributed by atoms with Crippen molar-refractivity contribution in [2.45, 2.75) is 60.0 Å². The zero-order valence-electron chi connectivity index (χ0n) is 17.3. The van der Waals surface area contributed by atoms with Gasteiger partial charge in [0.1, 0.15) is 11.3 Å². The van der Waals surface area contributed by atoms with Gasteiger partial charge in [-0.3, -0.25) is 9.59 Å². The maximum atomic E-state index is 13.0. The number of carbonyl (C=O) groups is 3. The maximum Gasteiger partial charge on any atom is 0.410 e. The fourth-order valence-corrected chi connectivity index (χ4v) is 3.41. The van der Waals surface area contributed by atoms with Crippen LogP contribution >= 0.6 is 0 Å². The average molecular weight is 377 g/mol. The van der Waals surface area contributed by atoms with Gasteiger partial charge in [-0.25, -0.2) is 4.79 Å². The average Bonchev–Trinajstić information content (AvgIpc) is 2.89. The number of aromatic nitrogens is 1. The first-order valence-electron chi connectivity index (χ1n) is 9.54. The molecule has 27 heavy (non-hydrogen) atoms. The van der Waals surface area contributed by atoms with Crippen LogP contribution in [-0.4, -0.2) is 64.3 Å². The van der Waals surface area contributed by atoms with Crippen LogP contribution in [0.3, 0.4) is 0 Å². The number of ether oxygens (including phenoxy) is 1. The third-order valence-electron chi connectivity index (χ3n) is 4.58. The Bertz CT molecular complexity index is 722. The second-order valence-electron chi connectivity index (χ2n) is 8.04.